The van der Waals surface area contributed by atoms with Crippen molar-refractivity contribution in [2.75, 3.05) is 13.6 Å². The van der Waals surface area contributed by atoms with E-state index >= 15 is 0 Å². The lowest BCUT2D eigenvalue weighted by molar-refractivity contribution is 0.0779. The highest BCUT2D eigenvalue weighted by molar-refractivity contribution is 9.10. The Hall–Kier alpha value is -0.720. The molecule has 1 unspecified atom stereocenters. The number of halogens is 4. The quantitative estimate of drug-likeness (QED) is 0.842. The van der Waals surface area contributed by atoms with Crippen molar-refractivity contribution in [3.8, 4) is 0 Å². The molecule has 1 atom stereocenters. The zero-order valence-electron chi connectivity index (χ0n) is 12.2. The fourth-order valence-corrected chi connectivity index (χ4v) is 2.12. The van der Waals surface area contributed by atoms with Crippen molar-refractivity contribution < 1.29 is 13.6 Å². The molecule has 0 radical (unpaired) electrons. The summed E-state index contributed by atoms with van der Waals surface area (Å²) in [6.45, 7) is 4.33. The molecule has 0 heterocycles. The van der Waals surface area contributed by atoms with Gasteiger partial charge >= 0.3 is 0 Å². The molecule has 0 saturated heterocycles. The molecule has 0 fully saturated rings. The Kier molecular flexibility index (Phi) is 8.36. The van der Waals surface area contributed by atoms with Gasteiger partial charge in [0, 0.05) is 24.1 Å². The molecule has 3 nitrogen and oxygen atoms in total. The van der Waals surface area contributed by atoms with Crippen LogP contribution in [0.15, 0.2) is 16.6 Å². The minimum atomic E-state index is -0.873. The van der Waals surface area contributed by atoms with Crippen molar-refractivity contribution in [2.24, 2.45) is 11.7 Å². The minimum Gasteiger partial charge on any atom is -0.341 e. The summed E-state index contributed by atoms with van der Waals surface area (Å²) in [4.78, 5) is 13.4. The second kappa shape index (κ2) is 8.66. The number of nitrogens with two attached hydrogens (primary N) is 1. The predicted molar refractivity (Wildman–Crippen MR) is 85.7 cm³/mol. The van der Waals surface area contributed by atoms with E-state index in [2.05, 4.69) is 15.9 Å². The Bertz CT molecular complexity index is 477. The number of hydrogen-bond acceptors (Lipinski definition) is 2. The number of rotatable bonds is 5. The maximum Gasteiger partial charge on any atom is 0.259 e. The van der Waals surface area contributed by atoms with Gasteiger partial charge < -0.3 is 10.6 Å². The molecule has 0 aliphatic carbocycles. The first kappa shape index (κ1) is 20.3. The molecule has 0 spiro atoms. The first-order valence-corrected chi connectivity index (χ1v) is 7.19. The minimum absolute atomic E-state index is 0. The Balaban J connectivity index is 0.00000400. The normalized spacial score (nSPS) is 12.0. The molecular formula is C14H20BrClF2N2O. The molecule has 1 aromatic carbocycles. The summed E-state index contributed by atoms with van der Waals surface area (Å²) in [5, 5.41) is 0. The second-order valence-corrected chi connectivity index (χ2v) is 6.08. The predicted octanol–water partition coefficient (Wildman–Crippen LogP) is 3.59. The third kappa shape index (κ3) is 5.52. The van der Waals surface area contributed by atoms with E-state index in [9.17, 15) is 13.6 Å². The van der Waals surface area contributed by atoms with Crippen LogP contribution >= 0.6 is 28.3 Å². The van der Waals surface area contributed by atoms with Crippen LogP contribution in [0.3, 0.4) is 0 Å². The van der Waals surface area contributed by atoms with Gasteiger partial charge in [-0.3, -0.25) is 4.79 Å². The summed E-state index contributed by atoms with van der Waals surface area (Å²) in [6, 6.07) is 2.10. The van der Waals surface area contributed by atoms with Crippen LogP contribution in [0.2, 0.25) is 0 Å². The first-order valence-electron chi connectivity index (χ1n) is 6.39. The lowest BCUT2D eigenvalue weighted by Gasteiger charge is -2.22. The van der Waals surface area contributed by atoms with Gasteiger partial charge in [0.2, 0.25) is 0 Å². The van der Waals surface area contributed by atoms with E-state index in [-0.39, 0.29) is 22.9 Å². The van der Waals surface area contributed by atoms with Gasteiger partial charge in [0.05, 0.1) is 0 Å². The molecule has 120 valence electrons. The zero-order chi connectivity index (χ0) is 15.4. The first-order chi connectivity index (χ1) is 9.23. The van der Waals surface area contributed by atoms with Gasteiger partial charge in [0.1, 0.15) is 17.2 Å². The highest BCUT2D eigenvalue weighted by atomic mass is 79.9. The molecule has 21 heavy (non-hydrogen) atoms. The van der Waals surface area contributed by atoms with E-state index in [0.29, 0.717) is 18.9 Å². The Morgan fingerprint density at radius 1 is 1.33 bits per heavy atom. The molecule has 0 aliphatic rings. The van der Waals surface area contributed by atoms with Crippen molar-refractivity contribution in [1.82, 2.24) is 4.90 Å². The Labute approximate surface area is 138 Å². The molecule has 0 saturated carbocycles. The van der Waals surface area contributed by atoms with Gasteiger partial charge in [-0.1, -0.05) is 29.8 Å². The standard InChI is InChI=1S/C14H19BrF2N2O.ClH/c1-8(2)12(18)4-5-19(3)14(20)13-10(16)6-9(15)7-11(13)17;/h6-8,12H,4-5,18H2,1-3H3;1H. The van der Waals surface area contributed by atoms with E-state index in [4.69, 9.17) is 5.73 Å². The topological polar surface area (TPSA) is 46.3 Å². The van der Waals surface area contributed by atoms with Gasteiger partial charge in [-0.2, -0.15) is 0 Å². The molecule has 1 rings (SSSR count). The monoisotopic (exact) mass is 384 g/mol. The molecular weight excluding hydrogens is 366 g/mol. The van der Waals surface area contributed by atoms with Crippen LogP contribution in [0.25, 0.3) is 0 Å². The van der Waals surface area contributed by atoms with Crippen molar-refractivity contribution in [2.45, 2.75) is 26.3 Å². The van der Waals surface area contributed by atoms with E-state index in [0.717, 1.165) is 12.1 Å². The lowest BCUT2D eigenvalue weighted by Crippen LogP contribution is -2.35. The third-order valence-corrected chi connectivity index (χ3v) is 3.68. The number of hydrogen-bond donors (Lipinski definition) is 1. The smallest absolute Gasteiger partial charge is 0.259 e. The fraction of sp³-hybridized carbons (Fsp3) is 0.500. The lowest BCUT2D eigenvalue weighted by atomic mass is 10.0. The second-order valence-electron chi connectivity index (χ2n) is 5.17. The summed E-state index contributed by atoms with van der Waals surface area (Å²) in [5.41, 5.74) is 5.36. The number of carbonyl (C=O) groups is 1. The number of amides is 1. The van der Waals surface area contributed by atoms with Gasteiger partial charge in [-0.05, 0) is 24.5 Å². The van der Waals surface area contributed by atoms with Crippen molar-refractivity contribution in [3.05, 3.63) is 33.8 Å². The maximum absolute atomic E-state index is 13.7. The van der Waals surface area contributed by atoms with E-state index in [1.807, 2.05) is 13.8 Å². The van der Waals surface area contributed by atoms with Crippen LogP contribution in [-0.2, 0) is 0 Å². The largest absolute Gasteiger partial charge is 0.341 e. The van der Waals surface area contributed by atoms with Crippen LogP contribution in [-0.4, -0.2) is 30.4 Å². The van der Waals surface area contributed by atoms with Crippen molar-refractivity contribution in [1.29, 1.82) is 0 Å². The Morgan fingerprint density at radius 2 is 1.81 bits per heavy atom. The van der Waals surface area contributed by atoms with Crippen molar-refractivity contribution >= 4 is 34.2 Å². The molecule has 7 heteroatoms. The highest BCUT2D eigenvalue weighted by Crippen LogP contribution is 2.20. The van der Waals surface area contributed by atoms with Gasteiger partial charge in [0.15, 0.2) is 0 Å². The van der Waals surface area contributed by atoms with E-state index in [1.165, 1.54) is 11.9 Å². The van der Waals surface area contributed by atoms with Crippen LogP contribution in [0.1, 0.15) is 30.6 Å². The SMILES string of the molecule is CC(C)C(N)CCN(C)C(=O)c1c(F)cc(Br)cc1F.Cl. The summed E-state index contributed by atoms with van der Waals surface area (Å²) in [7, 11) is 1.51. The molecule has 0 aliphatic heterocycles. The summed E-state index contributed by atoms with van der Waals surface area (Å²) in [6.07, 6.45) is 0.583. The third-order valence-electron chi connectivity index (χ3n) is 3.22. The molecule has 1 amide bonds. The van der Waals surface area contributed by atoms with Crippen LogP contribution in [0.5, 0.6) is 0 Å². The van der Waals surface area contributed by atoms with Crippen LogP contribution in [0.4, 0.5) is 8.78 Å². The van der Waals surface area contributed by atoms with Crippen molar-refractivity contribution in [3.63, 3.8) is 0 Å². The summed E-state index contributed by atoms with van der Waals surface area (Å²) in [5.74, 6) is -2.13. The number of benzene rings is 1. The summed E-state index contributed by atoms with van der Waals surface area (Å²) >= 11 is 2.98. The van der Waals surface area contributed by atoms with Gasteiger partial charge in [-0.25, -0.2) is 8.78 Å². The molecule has 1 aromatic rings. The average Bonchev–Trinajstić information content (AvgIpc) is 2.33. The molecule has 0 bridgehead atoms. The summed E-state index contributed by atoms with van der Waals surface area (Å²) < 4.78 is 27.7. The maximum atomic E-state index is 13.7. The van der Waals surface area contributed by atoms with Gasteiger partial charge in [-0.15, -0.1) is 12.4 Å². The molecule has 2 N–H and O–H groups in total. The van der Waals surface area contributed by atoms with Crippen LogP contribution < -0.4 is 5.73 Å². The Morgan fingerprint density at radius 3 is 2.24 bits per heavy atom. The average molecular weight is 386 g/mol. The molecule has 0 aromatic heterocycles. The van der Waals surface area contributed by atoms with E-state index in [1.54, 1.807) is 0 Å². The van der Waals surface area contributed by atoms with Gasteiger partial charge in [0.25, 0.3) is 5.91 Å². The number of carbonyl (C=O) groups excluding carboxylic acids is 1. The highest BCUT2D eigenvalue weighted by Gasteiger charge is 2.22. The van der Waals surface area contributed by atoms with Crippen LogP contribution in [0, 0.1) is 17.6 Å². The zero-order valence-corrected chi connectivity index (χ0v) is 14.6. The fourth-order valence-electron chi connectivity index (χ4n) is 1.71. The number of nitrogens with zero attached hydrogens (tertiary/aromatic N) is 1. The van der Waals surface area contributed by atoms with E-state index < -0.39 is 23.1 Å².